The summed E-state index contributed by atoms with van der Waals surface area (Å²) >= 11 is 0. The van der Waals surface area contributed by atoms with E-state index in [-0.39, 0.29) is 5.91 Å². The number of benzene rings is 2. The summed E-state index contributed by atoms with van der Waals surface area (Å²) in [7, 11) is 0. The average molecular weight is 445 g/mol. The van der Waals surface area contributed by atoms with Gasteiger partial charge in [0.05, 0.1) is 16.9 Å². The van der Waals surface area contributed by atoms with Crippen molar-refractivity contribution < 1.29 is 4.79 Å². The maximum atomic E-state index is 13.4. The van der Waals surface area contributed by atoms with Gasteiger partial charge >= 0.3 is 0 Å². The number of carbonyl (C=O) groups is 1. The van der Waals surface area contributed by atoms with Gasteiger partial charge in [-0.2, -0.15) is 5.26 Å². The molecule has 0 radical (unpaired) electrons. The lowest BCUT2D eigenvalue weighted by molar-refractivity contribution is 0.0980. The standard InChI is InChI=1S/C29H24N4O/c1-19-13-22-10-12-33(28-6-4-3-5-24(28)17-30)29(34)26(22)16-25(19)15-21-7-8-27(32-18-21)23-9-11-31-20(2)14-23/h3-9,11,13-14,16,18H,10,12,15H2,1-2H3. The molecule has 1 amide bonds. The fourth-order valence-corrected chi connectivity index (χ4v) is 4.55. The minimum Gasteiger partial charge on any atom is -0.307 e. The molecule has 0 atom stereocenters. The van der Waals surface area contributed by atoms with Crippen LogP contribution in [0.4, 0.5) is 5.69 Å². The summed E-state index contributed by atoms with van der Waals surface area (Å²) in [5.41, 5.74) is 9.27. The molecule has 0 N–H and O–H groups in total. The van der Waals surface area contributed by atoms with Crippen LogP contribution in [0.5, 0.6) is 0 Å². The molecular formula is C29H24N4O. The molecule has 0 aliphatic carbocycles. The van der Waals surface area contributed by atoms with Crippen LogP contribution in [0.2, 0.25) is 0 Å². The SMILES string of the molecule is Cc1cc(-c2ccc(Cc3cc4c(cc3C)CCN(c3ccccc3C#N)C4=O)cn2)ccn1. The van der Waals surface area contributed by atoms with Crippen LogP contribution < -0.4 is 4.90 Å². The molecule has 2 aromatic carbocycles. The van der Waals surface area contributed by atoms with Gasteiger partial charge in [0.2, 0.25) is 0 Å². The normalized spacial score (nSPS) is 12.9. The zero-order chi connectivity index (χ0) is 23.7. The molecule has 5 nitrogen and oxygen atoms in total. The lowest BCUT2D eigenvalue weighted by atomic mass is 9.90. The number of hydrogen-bond acceptors (Lipinski definition) is 4. The van der Waals surface area contributed by atoms with Crippen LogP contribution in [0.15, 0.2) is 73.1 Å². The van der Waals surface area contributed by atoms with Crippen LogP contribution in [-0.4, -0.2) is 22.4 Å². The van der Waals surface area contributed by atoms with Crippen molar-refractivity contribution in [1.82, 2.24) is 9.97 Å². The van der Waals surface area contributed by atoms with E-state index in [1.165, 1.54) is 5.56 Å². The van der Waals surface area contributed by atoms with Gasteiger partial charge in [-0.05, 0) is 85.3 Å². The Morgan fingerprint density at radius 2 is 1.88 bits per heavy atom. The summed E-state index contributed by atoms with van der Waals surface area (Å²) in [4.78, 5) is 24.1. The molecule has 1 aliphatic rings. The molecule has 0 bridgehead atoms. The monoisotopic (exact) mass is 444 g/mol. The Bertz CT molecular complexity index is 1430. The molecule has 5 rings (SSSR count). The Balaban J connectivity index is 1.42. The summed E-state index contributed by atoms with van der Waals surface area (Å²) in [6, 6.07) is 21.8. The van der Waals surface area contributed by atoms with Gasteiger partial charge in [-0.1, -0.05) is 24.3 Å². The number of anilines is 1. The zero-order valence-corrected chi connectivity index (χ0v) is 19.2. The summed E-state index contributed by atoms with van der Waals surface area (Å²) in [6.45, 7) is 4.64. The van der Waals surface area contributed by atoms with E-state index in [4.69, 9.17) is 0 Å². The highest BCUT2D eigenvalue weighted by Gasteiger charge is 2.27. The Kier molecular flexibility index (Phi) is 5.65. The number of para-hydroxylation sites is 1. The number of pyridine rings is 2. The molecule has 34 heavy (non-hydrogen) atoms. The van der Waals surface area contributed by atoms with Crippen molar-refractivity contribution in [1.29, 1.82) is 5.26 Å². The summed E-state index contributed by atoms with van der Waals surface area (Å²) in [5, 5.41) is 9.48. The number of nitrogens with zero attached hydrogens (tertiary/aromatic N) is 4. The molecule has 0 spiro atoms. The average Bonchev–Trinajstić information content (AvgIpc) is 2.86. The lowest BCUT2D eigenvalue weighted by Gasteiger charge is -2.30. The summed E-state index contributed by atoms with van der Waals surface area (Å²) in [5.74, 6) is -0.0493. The first kappa shape index (κ1) is 21.5. The number of aromatic nitrogens is 2. The van der Waals surface area contributed by atoms with Crippen LogP contribution in [0.3, 0.4) is 0 Å². The lowest BCUT2D eigenvalue weighted by Crippen LogP contribution is -2.38. The second-order valence-electron chi connectivity index (χ2n) is 8.69. The third-order valence-electron chi connectivity index (χ3n) is 6.37. The molecule has 2 aromatic heterocycles. The number of hydrogen-bond donors (Lipinski definition) is 0. The number of rotatable bonds is 4. The van der Waals surface area contributed by atoms with Crippen molar-refractivity contribution in [2.45, 2.75) is 26.7 Å². The Morgan fingerprint density at radius 1 is 1.03 bits per heavy atom. The van der Waals surface area contributed by atoms with Crippen LogP contribution in [0, 0.1) is 25.2 Å². The van der Waals surface area contributed by atoms with Crippen LogP contribution in [0.1, 0.15) is 43.9 Å². The van der Waals surface area contributed by atoms with Crippen LogP contribution in [0.25, 0.3) is 11.3 Å². The second-order valence-corrected chi connectivity index (χ2v) is 8.69. The van der Waals surface area contributed by atoms with Crippen molar-refractivity contribution in [3.8, 4) is 17.3 Å². The predicted molar refractivity (Wildman–Crippen MR) is 133 cm³/mol. The van der Waals surface area contributed by atoms with Crippen molar-refractivity contribution in [3.05, 3.63) is 112 Å². The fraction of sp³-hybridized carbons (Fsp3) is 0.172. The highest BCUT2D eigenvalue weighted by molar-refractivity contribution is 6.09. The summed E-state index contributed by atoms with van der Waals surface area (Å²) < 4.78 is 0. The molecule has 5 heteroatoms. The van der Waals surface area contributed by atoms with Gasteiger partial charge in [-0.25, -0.2) is 0 Å². The number of aryl methyl sites for hydroxylation is 2. The van der Waals surface area contributed by atoms with Crippen LogP contribution in [-0.2, 0) is 12.8 Å². The number of carbonyl (C=O) groups excluding carboxylic acids is 1. The van der Waals surface area contributed by atoms with Gasteiger partial charge in [0.1, 0.15) is 6.07 Å². The van der Waals surface area contributed by atoms with E-state index in [1.54, 1.807) is 17.2 Å². The van der Waals surface area contributed by atoms with Gasteiger partial charge in [0.15, 0.2) is 0 Å². The quantitative estimate of drug-likeness (QED) is 0.421. The van der Waals surface area contributed by atoms with E-state index in [9.17, 15) is 10.1 Å². The molecule has 4 aromatic rings. The van der Waals surface area contributed by atoms with E-state index in [1.807, 2.05) is 55.6 Å². The highest BCUT2D eigenvalue weighted by Crippen LogP contribution is 2.30. The predicted octanol–water partition coefficient (Wildman–Crippen LogP) is 5.43. The van der Waals surface area contributed by atoms with E-state index in [0.717, 1.165) is 45.6 Å². The third-order valence-corrected chi connectivity index (χ3v) is 6.37. The third kappa shape index (κ3) is 4.06. The number of amides is 1. The minimum atomic E-state index is -0.0493. The van der Waals surface area contributed by atoms with Gasteiger partial charge in [-0.15, -0.1) is 0 Å². The molecule has 166 valence electrons. The van der Waals surface area contributed by atoms with Gasteiger partial charge in [-0.3, -0.25) is 14.8 Å². The van der Waals surface area contributed by atoms with E-state index < -0.39 is 0 Å². The fourth-order valence-electron chi connectivity index (χ4n) is 4.55. The first-order valence-electron chi connectivity index (χ1n) is 11.3. The van der Waals surface area contributed by atoms with E-state index in [2.05, 4.69) is 35.1 Å². The molecule has 3 heterocycles. The van der Waals surface area contributed by atoms with Gasteiger partial charge in [0, 0.05) is 35.8 Å². The van der Waals surface area contributed by atoms with Crippen LogP contribution >= 0.6 is 0 Å². The van der Waals surface area contributed by atoms with Crippen molar-refractivity contribution in [2.24, 2.45) is 0 Å². The Morgan fingerprint density at radius 3 is 2.65 bits per heavy atom. The molecule has 0 unspecified atom stereocenters. The molecule has 0 fully saturated rings. The highest BCUT2D eigenvalue weighted by atomic mass is 16.2. The van der Waals surface area contributed by atoms with Crippen molar-refractivity contribution in [2.75, 3.05) is 11.4 Å². The van der Waals surface area contributed by atoms with E-state index >= 15 is 0 Å². The topological polar surface area (TPSA) is 69.9 Å². The Hall–Kier alpha value is -4.30. The van der Waals surface area contributed by atoms with E-state index in [0.29, 0.717) is 24.2 Å². The maximum Gasteiger partial charge on any atom is 0.258 e. The molecule has 0 saturated carbocycles. The largest absolute Gasteiger partial charge is 0.307 e. The maximum absolute atomic E-state index is 13.4. The Labute approximate surface area is 199 Å². The van der Waals surface area contributed by atoms with Crippen molar-refractivity contribution in [3.63, 3.8) is 0 Å². The van der Waals surface area contributed by atoms with Gasteiger partial charge < -0.3 is 4.90 Å². The van der Waals surface area contributed by atoms with Gasteiger partial charge in [0.25, 0.3) is 5.91 Å². The second kappa shape index (κ2) is 8.92. The first-order valence-corrected chi connectivity index (χ1v) is 11.3. The molecular weight excluding hydrogens is 420 g/mol. The number of fused-ring (bicyclic) bond motifs is 1. The first-order chi connectivity index (χ1) is 16.5. The molecule has 1 aliphatic heterocycles. The number of nitriles is 1. The zero-order valence-electron chi connectivity index (χ0n) is 19.2. The summed E-state index contributed by atoms with van der Waals surface area (Å²) in [6.07, 6.45) is 5.17. The minimum absolute atomic E-state index is 0.0493. The smallest absolute Gasteiger partial charge is 0.258 e. The molecule has 0 saturated heterocycles. The van der Waals surface area contributed by atoms with Crippen molar-refractivity contribution >= 4 is 11.6 Å².